The van der Waals surface area contributed by atoms with E-state index >= 15 is 0 Å². The number of hydrogen-bond acceptors (Lipinski definition) is 5. The zero-order valence-corrected chi connectivity index (χ0v) is 25.7. The van der Waals surface area contributed by atoms with Gasteiger partial charge in [-0.1, -0.05) is 19.9 Å². The van der Waals surface area contributed by atoms with Crippen molar-refractivity contribution in [2.45, 2.75) is 77.3 Å². The lowest BCUT2D eigenvalue weighted by Crippen LogP contribution is -2.46. The van der Waals surface area contributed by atoms with Crippen LogP contribution in [0.2, 0.25) is 0 Å². The molecule has 0 atom stereocenters. The summed E-state index contributed by atoms with van der Waals surface area (Å²) < 4.78 is 16.0. The van der Waals surface area contributed by atoms with E-state index in [2.05, 4.69) is 34.7 Å². The highest BCUT2D eigenvalue weighted by Gasteiger charge is 2.35. The van der Waals surface area contributed by atoms with Gasteiger partial charge in [-0.15, -0.1) is 0 Å². The zero-order chi connectivity index (χ0) is 31.0. The molecule has 1 aliphatic carbocycles. The highest BCUT2D eigenvalue weighted by molar-refractivity contribution is 6.06. The van der Waals surface area contributed by atoms with Crippen molar-refractivity contribution < 1.29 is 18.8 Å². The first-order chi connectivity index (χ1) is 21.1. The molecule has 1 saturated heterocycles. The Morgan fingerprint density at radius 1 is 1.00 bits per heavy atom. The Hall–Kier alpha value is -3.92. The van der Waals surface area contributed by atoms with Crippen LogP contribution in [0.4, 0.5) is 14.9 Å². The summed E-state index contributed by atoms with van der Waals surface area (Å²) in [6.45, 7) is 7.91. The number of nitrogens with zero attached hydrogens (tertiary/aromatic N) is 2. The summed E-state index contributed by atoms with van der Waals surface area (Å²) >= 11 is 0. The number of nitrogens with one attached hydrogen (secondary N) is 3. The average molecular weight is 603 g/mol. The van der Waals surface area contributed by atoms with Gasteiger partial charge in [0.1, 0.15) is 5.82 Å². The van der Waals surface area contributed by atoms with E-state index in [-0.39, 0.29) is 29.4 Å². The quantitative estimate of drug-likeness (QED) is 0.280. The number of urea groups is 1. The molecule has 2 aromatic carbocycles. The van der Waals surface area contributed by atoms with Crippen LogP contribution in [0.15, 0.2) is 36.4 Å². The molecule has 3 aliphatic rings. The van der Waals surface area contributed by atoms with Crippen LogP contribution in [0.1, 0.15) is 79.6 Å². The molecule has 0 unspecified atom stereocenters. The van der Waals surface area contributed by atoms with Crippen molar-refractivity contribution in [1.29, 1.82) is 0 Å². The number of benzene rings is 2. The fraction of sp³-hybridized carbons (Fsp3) is 0.500. The topological polar surface area (TPSA) is 121 Å². The van der Waals surface area contributed by atoms with Crippen LogP contribution in [0, 0.1) is 11.2 Å². The first kappa shape index (κ1) is 30.1. The summed E-state index contributed by atoms with van der Waals surface area (Å²) in [7, 11) is 0. The van der Waals surface area contributed by atoms with Gasteiger partial charge < -0.3 is 26.6 Å². The highest BCUT2D eigenvalue weighted by Crippen LogP contribution is 2.43. The van der Waals surface area contributed by atoms with Crippen LogP contribution >= 0.6 is 0 Å². The molecule has 6 rings (SSSR count). The van der Waals surface area contributed by atoms with Crippen LogP contribution in [-0.2, 0) is 6.42 Å². The molecule has 0 radical (unpaired) electrons. The Balaban J connectivity index is 1.18. The van der Waals surface area contributed by atoms with E-state index in [9.17, 15) is 18.8 Å². The molecule has 9 nitrogen and oxygen atoms in total. The number of amides is 3. The Bertz CT molecular complexity index is 1580. The minimum Gasteiger partial charge on any atom is -0.382 e. The molecule has 3 aromatic rings. The third-order valence-corrected chi connectivity index (χ3v) is 9.46. The Labute approximate surface area is 257 Å². The smallest absolute Gasteiger partial charge is 0.315 e. The molecule has 234 valence electrons. The number of likely N-dealkylation sites (tertiary alicyclic amines) is 1. The largest absolute Gasteiger partial charge is 0.382 e. The molecule has 2 aliphatic heterocycles. The molecule has 3 amide bonds. The molecule has 3 heterocycles. The molecular weight excluding hydrogens is 559 g/mol. The fourth-order valence-corrected chi connectivity index (χ4v) is 7.30. The maximum Gasteiger partial charge on any atom is 0.315 e. The standard InChI is InChI=1S/C34H43FN6O3/c1-34(2)19-29-31(26-12-6-22(35)18-28(26)41(29)30(42)20-34)21-5-11-25(32(36)43)27(17-21)38-23-7-9-24(10-8-23)39-33(44)37-13-16-40-14-3-4-15-40/h5-6,11-12,17-18,23-24,38H,3-4,7-10,13-16,19-20H2,1-2H3,(H2,36,43)(H2,37,39,44). The summed E-state index contributed by atoms with van der Waals surface area (Å²) in [5.41, 5.74) is 9.73. The lowest BCUT2D eigenvalue weighted by Gasteiger charge is -2.31. The van der Waals surface area contributed by atoms with Gasteiger partial charge in [-0.3, -0.25) is 14.2 Å². The summed E-state index contributed by atoms with van der Waals surface area (Å²) in [6, 6.07) is 10.2. The second-order valence-corrected chi connectivity index (χ2v) is 13.5. The van der Waals surface area contributed by atoms with Gasteiger partial charge in [-0.05, 0) is 99.3 Å². The number of carbonyl (C=O) groups is 3. The third-order valence-electron chi connectivity index (χ3n) is 9.46. The number of fused-ring (bicyclic) bond motifs is 3. The Kier molecular flexibility index (Phi) is 8.37. The second-order valence-electron chi connectivity index (χ2n) is 13.5. The van der Waals surface area contributed by atoms with E-state index in [1.807, 2.05) is 12.1 Å². The second kappa shape index (κ2) is 12.2. The molecule has 10 heteroatoms. The lowest BCUT2D eigenvalue weighted by molar-refractivity contribution is 0.0816. The highest BCUT2D eigenvalue weighted by atomic mass is 19.1. The molecule has 5 N–H and O–H groups in total. The van der Waals surface area contributed by atoms with Gasteiger partial charge in [0.2, 0.25) is 5.91 Å². The van der Waals surface area contributed by atoms with E-state index < -0.39 is 11.7 Å². The first-order valence-corrected chi connectivity index (χ1v) is 15.9. The number of rotatable bonds is 8. The van der Waals surface area contributed by atoms with E-state index in [4.69, 9.17) is 5.73 Å². The SMILES string of the molecule is CC1(C)CC(=O)n2c(c(-c3ccc(C(N)=O)c(NC4CCC(NC(=O)NCCN5CCCC5)CC4)c3)c3ccc(F)cc32)C1. The molecular formula is C34H43FN6O3. The van der Waals surface area contributed by atoms with Gasteiger partial charge in [0.05, 0.1) is 11.1 Å². The number of carbonyl (C=O) groups excluding carboxylic acids is 3. The van der Waals surface area contributed by atoms with Crippen LogP contribution < -0.4 is 21.7 Å². The van der Waals surface area contributed by atoms with Gasteiger partial charge in [-0.25, -0.2) is 9.18 Å². The molecule has 44 heavy (non-hydrogen) atoms. The van der Waals surface area contributed by atoms with Crippen LogP contribution in [-0.4, -0.2) is 65.6 Å². The minimum atomic E-state index is -0.526. The monoisotopic (exact) mass is 602 g/mol. The van der Waals surface area contributed by atoms with Crippen LogP contribution in [0.3, 0.4) is 0 Å². The maximum atomic E-state index is 14.4. The van der Waals surface area contributed by atoms with Crippen molar-refractivity contribution >= 4 is 34.4 Å². The van der Waals surface area contributed by atoms with E-state index in [0.717, 1.165) is 67.5 Å². The predicted octanol–water partition coefficient (Wildman–Crippen LogP) is 5.28. The normalized spacial score (nSPS) is 21.7. The predicted molar refractivity (Wildman–Crippen MR) is 170 cm³/mol. The molecule has 0 bridgehead atoms. The van der Waals surface area contributed by atoms with Gasteiger partial charge >= 0.3 is 6.03 Å². The molecule has 1 aromatic heterocycles. The molecule has 2 fully saturated rings. The fourth-order valence-electron chi connectivity index (χ4n) is 7.30. The van der Waals surface area contributed by atoms with Crippen molar-refractivity contribution in [1.82, 2.24) is 20.1 Å². The Morgan fingerprint density at radius 3 is 2.45 bits per heavy atom. The number of nitrogens with two attached hydrogens (primary N) is 1. The van der Waals surface area contributed by atoms with Crippen molar-refractivity contribution in [2.24, 2.45) is 11.1 Å². The van der Waals surface area contributed by atoms with E-state index in [1.165, 1.54) is 25.0 Å². The number of primary amides is 1. The van der Waals surface area contributed by atoms with Crippen LogP contribution in [0.5, 0.6) is 0 Å². The Morgan fingerprint density at radius 2 is 1.73 bits per heavy atom. The van der Waals surface area contributed by atoms with E-state index in [0.29, 0.717) is 36.2 Å². The summed E-state index contributed by atoms with van der Waals surface area (Å²) in [5.74, 6) is -0.962. The van der Waals surface area contributed by atoms with Gasteiger partial charge in [0.15, 0.2) is 0 Å². The molecule has 0 spiro atoms. The zero-order valence-electron chi connectivity index (χ0n) is 25.7. The minimum absolute atomic E-state index is 0.0455. The summed E-state index contributed by atoms with van der Waals surface area (Å²) in [6.07, 6.45) is 6.81. The summed E-state index contributed by atoms with van der Waals surface area (Å²) in [5, 5.41) is 10.5. The van der Waals surface area contributed by atoms with Crippen molar-refractivity contribution in [2.75, 3.05) is 31.5 Å². The average Bonchev–Trinajstić information content (AvgIpc) is 3.59. The maximum absolute atomic E-state index is 14.4. The van der Waals surface area contributed by atoms with Crippen LogP contribution in [0.25, 0.3) is 22.0 Å². The van der Waals surface area contributed by atoms with Gasteiger partial charge in [0.25, 0.3) is 5.91 Å². The lowest BCUT2D eigenvalue weighted by atomic mass is 9.80. The van der Waals surface area contributed by atoms with E-state index in [1.54, 1.807) is 16.7 Å². The number of aromatic nitrogens is 1. The molecule has 1 saturated carbocycles. The first-order valence-electron chi connectivity index (χ1n) is 15.9. The summed E-state index contributed by atoms with van der Waals surface area (Å²) in [4.78, 5) is 40.6. The number of hydrogen-bond donors (Lipinski definition) is 4. The van der Waals surface area contributed by atoms with Crippen molar-refractivity contribution in [3.8, 4) is 11.1 Å². The van der Waals surface area contributed by atoms with Gasteiger partial charge in [0, 0.05) is 53.9 Å². The number of halogens is 1. The third kappa shape index (κ3) is 6.31. The van der Waals surface area contributed by atoms with Gasteiger partial charge in [-0.2, -0.15) is 0 Å². The number of anilines is 1. The van der Waals surface area contributed by atoms with Crippen molar-refractivity contribution in [3.05, 3.63) is 53.5 Å². The van der Waals surface area contributed by atoms with Crippen molar-refractivity contribution in [3.63, 3.8) is 0 Å².